The molecular formula is C15H11Cl3N2O. The number of rotatable bonds is 3. The maximum atomic E-state index is 12.0. The molecule has 108 valence electrons. The Bertz CT molecular complexity index is 714. The second-order valence-corrected chi connectivity index (χ2v) is 5.52. The highest BCUT2D eigenvalue weighted by molar-refractivity contribution is 6.43. The van der Waals surface area contributed by atoms with E-state index in [-0.39, 0.29) is 0 Å². The monoisotopic (exact) mass is 340 g/mol. The van der Waals surface area contributed by atoms with Crippen LogP contribution in [-0.2, 0) is 0 Å². The second-order valence-electron chi connectivity index (χ2n) is 4.33. The van der Waals surface area contributed by atoms with Gasteiger partial charge in [0.05, 0.1) is 26.8 Å². The quantitative estimate of drug-likeness (QED) is 0.637. The smallest absolute Gasteiger partial charge is 0.267 e. The Morgan fingerprint density at radius 3 is 2.62 bits per heavy atom. The highest BCUT2D eigenvalue weighted by atomic mass is 35.5. The van der Waals surface area contributed by atoms with Crippen LogP contribution >= 0.6 is 34.8 Å². The number of amides is 1. The Hall–Kier alpha value is -1.55. The molecule has 0 aliphatic rings. The predicted octanol–water partition coefficient (Wildman–Crippen LogP) is 4.72. The molecule has 2 aromatic rings. The van der Waals surface area contributed by atoms with E-state index < -0.39 is 5.91 Å². The van der Waals surface area contributed by atoms with Crippen LogP contribution in [0.4, 0.5) is 0 Å². The molecule has 0 spiro atoms. The first-order valence-electron chi connectivity index (χ1n) is 6.02. The van der Waals surface area contributed by atoms with Crippen LogP contribution < -0.4 is 5.43 Å². The van der Waals surface area contributed by atoms with Crippen molar-refractivity contribution in [3.05, 3.63) is 68.2 Å². The summed E-state index contributed by atoms with van der Waals surface area (Å²) in [4.78, 5) is 12.0. The van der Waals surface area contributed by atoms with Crippen molar-refractivity contribution in [3.8, 4) is 0 Å². The molecule has 6 heteroatoms. The number of hydrogen-bond donors (Lipinski definition) is 1. The molecule has 0 unspecified atom stereocenters. The van der Waals surface area contributed by atoms with E-state index in [9.17, 15) is 4.79 Å². The van der Waals surface area contributed by atoms with E-state index in [0.717, 1.165) is 5.56 Å². The van der Waals surface area contributed by atoms with Crippen LogP contribution in [0.25, 0.3) is 0 Å². The van der Waals surface area contributed by atoms with Crippen molar-refractivity contribution in [1.29, 1.82) is 0 Å². The Labute approximate surface area is 137 Å². The van der Waals surface area contributed by atoms with Crippen LogP contribution in [0.2, 0.25) is 15.1 Å². The molecule has 0 aliphatic heterocycles. The lowest BCUT2D eigenvalue weighted by atomic mass is 10.1. The average molecular weight is 342 g/mol. The molecule has 3 nitrogen and oxygen atoms in total. The van der Waals surface area contributed by atoms with Crippen LogP contribution in [0.1, 0.15) is 21.5 Å². The van der Waals surface area contributed by atoms with Gasteiger partial charge in [0.1, 0.15) is 0 Å². The van der Waals surface area contributed by atoms with E-state index in [0.29, 0.717) is 26.2 Å². The first-order chi connectivity index (χ1) is 9.99. The SMILES string of the molecule is Cc1ccc(C(=O)NN=Cc2cccc(Cl)c2Cl)c(Cl)c1. The average Bonchev–Trinajstić information content (AvgIpc) is 2.43. The van der Waals surface area contributed by atoms with Gasteiger partial charge in [-0.3, -0.25) is 4.79 Å². The van der Waals surface area contributed by atoms with Gasteiger partial charge in [-0.2, -0.15) is 5.10 Å². The molecule has 0 aliphatic carbocycles. The van der Waals surface area contributed by atoms with Gasteiger partial charge < -0.3 is 0 Å². The van der Waals surface area contributed by atoms with E-state index in [4.69, 9.17) is 34.8 Å². The molecule has 2 aromatic carbocycles. The Morgan fingerprint density at radius 1 is 1.14 bits per heavy atom. The fourth-order valence-electron chi connectivity index (χ4n) is 1.65. The third-order valence-corrected chi connectivity index (χ3v) is 3.87. The molecule has 0 aromatic heterocycles. The van der Waals surface area contributed by atoms with E-state index >= 15 is 0 Å². The lowest BCUT2D eigenvalue weighted by Gasteiger charge is -2.04. The largest absolute Gasteiger partial charge is 0.272 e. The zero-order valence-electron chi connectivity index (χ0n) is 11.0. The number of benzene rings is 2. The fourth-order valence-corrected chi connectivity index (χ4v) is 2.32. The van der Waals surface area contributed by atoms with Crippen molar-refractivity contribution in [2.75, 3.05) is 0 Å². The van der Waals surface area contributed by atoms with Crippen LogP contribution in [0.5, 0.6) is 0 Å². The molecule has 21 heavy (non-hydrogen) atoms. The molecule has 0 bridgehead atoms. The van der Waals surface area contributed by atoms with Crippen molar-refractivity contribution in [2.45, 2.75) is 6.92 Å². The molecule has 0 heterocycles. The summed E-state index contributed by atoms with van der Waals surface area (Å²) in [5.74, 6) is -0.394. The molecule has 0 saturated heterocycles. The minimum atomic E-state index is -0.394. The molecule has 0 atom stereocenters. The van der Waals surface area contributed by atoms with Gasteiger partial charge in [0.2, 0.25) is 0 Å². The summed E-state index contributed by atoms with van der Waals surface area (Å²) in [6.07, 6.45) is 1.42. The maximum absolute atomic E-state index is 12.0. The summed E-state index contributed by atoms with van der Waals surface area (Å²) in [5.41, 5.74) is 4.34. The van der Waals surface area contributed by atoms with Gasteiger partial charge in [-0.25, -0.2) is 5.43 Å². The van der Waals surface area contributed by atoms with E-state index in [1.165, 1.54) is 6.21 Å². The fraction of sp³-hybridized carbons (Fsp3) is 0.0667. The first kappa shape index (κ1) is 15.8. The molecule has 0 fully saturated rings. The Kier molecular flexibility index (Phi) is 5.23. The highest BCUT2D eigenvalue weighted by Gasteiger charge is 2.09. The van der Waals surface area contributed by atoms with E-state index in [2.05, 4.69) is 10.5 Å². The van der Waals surface area contributed by atoms with E-state index in [1.807, 2.05) is 6.92 Å². The summed E-state index contributed by atoms with van der Waals surface area (Å²) in [5, 5.41) is 5.04. The van der Waals surface area contributed by atoms with Gasteiger partial charge in [0, 0.05) is 5.56 Å². The maximum Gasteiger partial charge on any atom is 0.272 e. The molecule has 0 radical (unpaired) electrons. The van der Waals surface area contributed by atoms with Crippen molar-refractivity contribution in [1.82, 2.24) is 5.43 Å². The minimum absolute atomic E-state index is 0.358. The predicted molar refractivity (Wildman–Crippen MR) is 87.7 cm³/mol. The second kappa shape index (κ2) is 6.94. The number of nitrogens with zero attached hydrogens (tertiary/aromatic N) is 1. The zero-order chi connectivity index (χ0) is 15.4. The molecule has 2 rings (SSSR count). The molecule has 1 N–H and O–H groups in total. The molecule has 1 amide bonds. The lowest BCUT2D eigenvalue weighted by Crippen LogP contribution is -2.18. The van der Waals surface area contributed by atoms with Gasteiger partial charge >= 0.3 is 0 Å². The van der Waals surface area contributed by atoms with Crippen molar-refractivity contribution >= 4 is 46.9 Å². The Balaban J connectivity index is 2.10. The minimum Gasteiger partial charge on any atom is -0.267 e. The van der Waals surface area contributed by atoms with E-state index in [1.54, 1.807) is 36.4 Å². The highest BCUT2D eigenvalue weighted by Crippen LogP contribution is 2.24. The number of halogens is 3. The summed E-state index contributed by atoms with van der Waals surface area (Å²) >= 11 is 17.9. The topological polar surface area (TPSA) is 41.5 Å². The summed E-state index contributed by atoms with van der Waals surface area (Å²) in [6.45, 7) is 1.90. The summed E-state index contributed by atoms with van der Waals surface area (Å²) in [6, 6.07) is 10.3. The molecule has 0 saturated carbocycles. The number of carbonyl (C=O) groups excluding carboxylic acids is 1. The van der Waals surface area contributed by atoms with Gasteiger partial charge in [-0.1, -0.05) is 53.0 Å². The number of carbonyl (C=O) groups is 1. The Morgan fingerprint density at radius 2 is 1.90 bits per heavy atom. The lowest BCUT2D eigenvalue weighted by molar-refractivity contribution is 0.0955. The third-order valence-electron chi connectivity index (χ3n) is 2.72. The van der Waals surface area contributed by atoms with Crippen molar-refractivity contribution < 1.29 is 4.79 Å². The van der Waals surface area contributed by atoms with Gasteiger partial charge in [0.15, 0.2) is 0 Å². The first-order valence-corrected chi connectivity index (χ1v) is 7.16. The van der Waals surface area contributed by atoms with Crippen LogP contribution in [0, 0.1) is 6.92 Å². The number of hydrazone groups is 1. The van der Waals surface area contributed by atoms with Crippen molar-refractivity contribution in [2.24, 2.45) is 5.10 Å². The number of nitrogens with one attached hydrogen (secondary N) is 1. The molecular weight excluding hydrogens is 331 g/mol. The van der Waals surface area contributed by atoms with Crippen LogP contribution in [-0.4, -0.2) is 12.1 Å². The van der Waals surface area contributed by atoms with Gasteiger partial charge in [0.25, 0.3) is 5.91 Å². The van der Waals surface area contributed by atoms with Gasteiger partial charge in [-0.15, -0.1) is 0 Å². The summed E-state index contributed by atoms with van der Waals surface area (Å²) < 4.78 is 0. The standard InChI is InChI=1S/C15H11Cl3N2O/c1-9-5-6-11(13(17)7-9)15(21)20-19-8-10-3-2-4-12(16)14(10)18/h2-8H,1H3,(H,20,21). The normalized spacial score (nSPS) is 10.9. The summed E-state index contributed by atoms with van der Waals surface area (Å²) in [7, 11) is 0. The van der Waals surface area contributed by atoms with Crippen molar-refractivity contribution in [3.63, 3.8) is 0 Å². The number of aryl methyl sites for hydroxylation is 1. The number of hydrogen-bond acceptors (Lipinski definition) is 2. The van der Waals surface area contributed by atoms with Crippen LogP contribution in [0.15, 0.2) is 41.5 Å². The van der Waals surface area contributed by atoms with Gasteiger partial charge in [-0.05, 0) is 30.7 Å². The van der Waals surface area contributed by atoms with Crippen LogP contribution in [0.3, 0.4) is 0 Å². The third kappa shape index (κ3) is 3.97. The zero-order valence-corrected chi connectivity index (χ0v) is 13.3.